The summed E-state index contributed by atoms with van der Waals surface area (Å²) < 4.78 is 0. The quantitative estimate of drug-likeness (QED) is 0.639. The second kappa shape index (κ2) is 6.60. The summed E-state index contributed by atoms with van der Waals surface area (Å²) in [7, 11) is 0. The van der Waals surface area contributed by atoms with Crippen molar-refractivity contribution >= 4 is 5.97 Å². The molecule has 3 heteroatoms. The number of rotatable bonds is 4. The first kappa shape index (κ1) is 14.6. The van der Waals surface area contributed by atoms with Crippen molar-refractivity contribution in [2.45, 2.75) is 44.9 Å². The predicted octanol–water partition coefficient (Wildman–Crippen LogP) is 4.19. The number of aryl methyl sites for hydroxylation is 1. The van der Waals surface area contributed by atoms with Crippen molar-refractivity contribution in [1.29, 1.82) is 0 Å². The van der Waals surface area contributed by atoms with Crippen LogP contribution in [0.1, 0.15) is 49.1 Å². The molecule has 2 rings (SSSR count). The van der Waals surface area contributed by atoms with E-state index in [-0.39, 0.29) is 5.57 Å². The fraction of sp³-hybridized carbons (Fsp3) is 0.471. The largest absolute Gasteiger partial charge is 0.515 e. The van der Waals surface area contributed by atoms with Crippen LogP contribution >= 0.6 is 0 Å². The van der Waals surface area contributed by atoms with Gasteiger partial charge in [0.1, 0.15) is 0 Å². The van der Waals surface area contributed by atoms with Crippen molar-refractivity contribution in [2.24, 2.45) is 5.92 Å². The third-order valence-electron chi connectivity index (χ3n) is 4.33. The molecule has 0 aromatic heterocycles. The molecule has 3 nitrogen and oxygen atoms in total. The zero-order valence-electron chi connectivity index (χ0n) is 11.9. The van der Waals surface area contributed by atoms with E-state index in [1.165, 1.54) is 11.1 Å². The van der Waals surface area contributed by atoms with Crippen molar-refractivity contribution in [2.75, 3.05) is 0 Å². The molecule has 0 saturated heterocycles. The van der Waals surface area contributed by atoms with Gasteiger partial charge in [-0.15, -0.1) is 0 Å². The SMILES string of the molecule is Cc1ccc([C@H]2CC[C@H](C/C(=C\O)C(=O)O)CC2)cc1. The van der Waals surface area contributed by atoms with E-state index in [0.717, 1.165) is 31.9 Å². The summed E-state index contributed by atoms with van der Waals surface area (Å²) in [5.74, 6) is -0.0300. The molecule has 0 bridgehead atoms. The number of hydrogen-bond acceptors (Lipinski definition) is 2. The Bertz CT molecular complexity index is 479. The number of aliphatic carboxylic acids is 1. The van der Waals surface area contributed by atoms with Gasteiger partial charge in [-0.05, 0) is 56.4 Å². The van der Waals surface area contributed by atoms with E-state index in [1.807, 2.05) is 0 Å². The first-order valence-corrected chi connectivity index (χ1v) is 7.23. The molecule has 0 atom stereocenters. The van der Waals surface area contributed by atoms with Gasteiger partial charge in [-0.2, -0.15) is 0 Å². The first-order chi connectivity index (χ1) is 9.60. The minimum absolute atomic E-state index is 0.129. The van der Waals surface area contributed by atoms with Crippen molar-refractivity contribution in [3.63, 3.8) is 0 Å². The molecule has 0 heterocycles. The molecule has 1 aromatic rings. The van der Waals surface area contributed by atoms with Crippen LogP contribution in [0.15, 0.2) is 36.1 Å². The molecule has 20 heavy (non-hydrogen) atoms. The maximum atomic E-state index is 10.9. The van der Waals surface area contributed by atoms with Crippen LogP contribution < -0.4 is 0 Å². The number of carbonyl (C=O) groups is 1. The molecule has 0 aliphatic heterocycles. The highest BCUT2D eigenvalue weighted by molar-refractivity contribution is 5.86. The standard InChI is InChI=1S/C17H22O3/c1-12-2-6-14(7-3-12)15-8-4-13(5-9-15)10-16(11-18)17(19)20/h2-3,6-7,11,13,15,18H,4-5,8-10H2,1H3,(H,19,20)/b16-11+/t13-,15-. The lowest BCUT2D eigenvalue weighted by Gasteiger charge is -2.28. The van der Waals surface area contributed by atoms with Crippen LogP contribution in [0.4, 0.5) is 0 Å². The van der Waals surface area contributed by atoms with Crippen molar-refractivity contribution < 1.29 is 15.0 Å². The molecule has 0 spiro atoms. The lowest BCUT2D eigenvalue weighted by molar-refractivity contribution is -0.133. The van der Waals surface area contributed by atoms with Gasteiger partial charge in [0.25, 0.3) is 0 Å². The Labute approximate surface area is 120 Å². The lowest BCUT2D eigenvalue weighted by Crippen LogP contribution is -2.16. The Morgan fingerprint density at radius 1 is 1.20 bits per heavy atom. The van der Waals surface area contributed by atoms with E-state index in [1.54, 1.807) is 0 Å². The van der Waals surface area contributed by atoms with Crippen molar-refractivity contribution in [1.82, 2.24) is 0 Å². The highest BCUT2D eigenvalue weighted by atomic mass is 16.4. The van der Waals surface area contributed by atoms with Crippen LogP contribution in [-0.2, 0) is 4.79 Å². The Hall–Kier alpha value is -1.77. The highest BCUT2D eigenvalue weighted by Crippen LogP contribution is 2.38. The number of benzene rings is 1. The number of aliphatic hydroxyl groups is 1. The van der Waals surface area contributed by atoms with Crippen LogP contribution in [0.2, 0.25) is 0 Å². The average Bonchev–Trinajstić information content (AvgIpc) is 2.46. The molecule has 108 valence electrons. The topological polar surface area (TPSA) is 57.5 Å². The molecule has 0 unspecified atom stereocenters. The Balaban J connectivity index is 1.89. The van der Waals surface area contributed by atoms with E-state index in [9.17, 15) is 4.79 Å². The second-order valence-electron chi connectivity index (χ2n) is 5.79. The van der Waals surface area contributed by atoms with Crippen LogP contribution in [0.25, 0.3) is 0 Å². The number of carboxylic acids is 1. The smallest absolute Gasteiger partial charge is 0.334 e. The van der Waals surface area contributed by atoms with E-state index in [4.69, 9.17) is 10.2 Å². The van der Waals surface area contributed by atoms with E-state index < -0.39 is 5.97 Å². The van der Waals surface area contributed by atoms with Crippen LogP contribution in [-0.4, -0.2) is 16.2 Å². The summed E-state index contributed by atoms with van der Waals surface area (Å²) in [5, 5.41) is 17.9. The van der Waals surface area contributed by atoms with Crippen LogP contribution in [0.3, 0.4) is 0 Å². The van der Waals surface area contributed by atoms with Gasteiger partial charge in [-0.3, -0.25) is 0 Å². The number of carboxylic acid groups (broad SMARTS) is 1. The zero-order chi connectivity index (χ0) is 14.5. The van der Waals surface area contributed by atoms with Gasteiger partial charge in [0.05, 0.1) is 11.8 Å². The Morgan fingerprint density at radius 3 is 2.30 bits per heavy atom. The molecule has 1 aliphatic carbocycles. The molecule has 0 amide bonds. The fourth-order valence-electron chi connectivity index (χ4n) is 3.04. The first-order valence-electron chi connectivity index (χ1n) is 7.23. The molecule has 2 N–H and O–H groups in total. The second-order valence-corrected chi connectivity index (χ2v) is 5.79. The van der Waals surface area contributed by atoms with Crippen LogP contribution in [0, 0.1) is 12.8 Å². The van der Waals surface area contributed by atoms with Gasteiger partial charge in [-0.25, -0.2) is 4.79 Å². The minimum atomic E-state index is -1.01. The summed E-state index contributed by atoms with van der Waals surface area (Å²) in [6.45, 7) is 2.09. The summed E-state index contributed by atoms with van der Waals surface area (Å²) in [5.41, 5.74) is 2.80. The minimum Gasteiger partial charge on any atom is -0.515 e. The van der Waals surface area contributed by atoms with Crippen molar-refractivity contribution in [3.8, 4) is 0 Å². The van der Waals surface area contributed by atoms with Gasteiger partial charge in [-0.1, -0.05) is 29.8 Å². The third kappa shape index (κ3) is 3.62. The molecule has 1 fully saturated rings. The highest BCUT2D eigenvalue weighted by Gasteiger charge is 2.24. The summed E-state index contributed by atoms with van der Waals surface area (Å²) in [6, 6.07) is 8.71. The molecular formula is C17H22O3. The Kier molecular flexibility index (Phi) is 4.83. The normalized spacial score (nSPS) is 23.6. The van der Waals surface area contributed by atoms with Crippen LogP contribution in [0.5, 0.6) is 0 Å². The van der Waals surface area contributed by atoms with Gasteiger partial charge in [0.2, 0.25) is 0 Å². The third-order valence-corrected chi connectivity index (χ3v) is 4.33. The summed E-state index contributed by atoms with van der Waals surface area (Å²) >= 11 is 0. The molecule has 0 radical (unpaired) electrons. The zero-order valence-corrected chi connectivity index (χ0v) is 11.9. The predicted molar refractivity (Wildman–Crippen MR) is 78.8 cm³/mol. The summed E-state index contributed by atoms with van der Waals surface area (Å²) in [4.78, 5) is 10.9. The van der Waals surface area contributed by atoms with Crippen molar-refractivity contribution in [3.05, 3.63) is 47.2 Å². The van der Waals surface area contributed by atoms with Gasteiger partial charge >= 0.3 is 5.97 Å². The summed E-state index contributed by atoms with van der Waals surface area (Å²) in [6.07, 6.45) is 5.49. The number of aliphatic hydroxyl groups excluding tert-OH is 1. The van der Waals surface area contributed by atoms with Gasteiger partial charge < -0.3 is 10.2 Å². The molecule has 1 aliphatic rings. The lowest BCUT2D eigenvalue weighted by atomic mass is 9.76. The molecular weight excluding hydrogens is 252 g/mol. The average molecular weight is 274 g/mol. The number of hydrogen-bond donors (Lipinski definition) is 2. The van der Waals surface area contributed by atoms with E-state index in [0.29, 0.717) is 18.3 Å². The maximum absolute atomic E-state index is 10.9. The monoisotopic (exact) mass is 274 g/mol. The maximum Gasteiger partial charge on any atom is 0.334 e. The van der Waals surface area contributed by atoms with Gasteiger partial charge in [0.15, 0.2) is 0 Å². The molecule has 1 aromatic carbocycles. The Morgan fingerprint density at radius 2 is 1.80 bits per heavy atom. The van der Waals surface area contributed by atoms with E-state index >= 15 is 0 Å². The molecule has 1 saturated carbocycles. The fourth-order valence-corrected chi connectivity index (χ4v) is 3.04. The van der Waals surface area contributed by atoms with E-state index in [2.05, 4.69) is 31.2 Å². The van der Waals surface area contributed by atoms with Gasteiger partial charge in [0, 0.05) is 0 Å².